The Morgan fingerprint density at radius 3 is 1.64 bits per heavy atom. The summed E-state index contributed by atoms with van der Waals surface area (Å²) in [6.07, 6.45) is 4.59. The van der Waals surface area contributed by atoms with Crippen LogP contribution in [0, 0.1) is 13.8 Å². The maximum Gasteiger partial charge on any atom is 0.333 e. The molecule has 0 spiro atoms. The summed E-state index contributed by atoms with van der Waals surface area (Å²) in [6.45, 7) is 24.0. The average molecular weight is 1080 g/mol. The van der Waals surface area contributed by atoms with Crippen molar-refractivity contribution in [1.29, 1.82) is 0 Å². The fourth-order valence-electron chi connectivity index (χ4n) is 15.1. The summed E-state index contributed by atoms with van der Waals surface area (Å²) in [5.74, 6) is 0. The molecular formula is C78H72BN3O. The van der Waals surface area contributed by atoms with E-state index in [0.29, 0.717) is 0 Å². The van der Waals surface area contributed by atoms with Gasteiger partial charge in [0.15, 0.2) is 0 Å². The molecule has 2 aliphatic carbocycles. The Morgan fingerprint density at radius 1 is 0.422 bits per heavy atom. The number of aryl methyl sites for hydroxylation is 2. The van der Waals surface area contributed by atoms with Crippen molar-refractivity contribution in [3.63, 3.8) is 0 Å². The molecule has 0 amide bonds. The first kappa shape index (κ1) is 51.4. The number of nitrogens with zero attached hydrogens (tertiary/aromatic N) is 3. The van der Waals surface area contributed by atoms with Crippen LogP contribution in [0.3, 0.4) is 0 Å². The van der Waals surface area contributed by atoms with Gasteiger partial charge >= 0.3 is 6.85 Å². The van der Waals surface area contributed by atoms with Gasteiger partial charge in [-0.15, -0.1) is 0 Å². The van der Waals surface area contributed by atoms with E-state index in [0.717, 1.165) is 58.3 Å². The van der Waals surface area contributed by atoms with Crippen LogP contribution in [0.25, 0.3) is 55.3 Å². The molecule has 4 aliphatic rings. The fourth-order valence-corrected chi connectivity index (χ4v) is 15.1. The van der Waals surface area contributed by atoms with Gasteiger partial charge in [0.25, 0.3) is 0 Å². The predicted octanol–water partition coefficient (Wildman–Crippen LogP) is 20.4. The van der Waals surface area contributed by atoms with E-state index >= 15 is 0 Å². The second-order valence-corrected chi connectivity index (χ2v) is 27.1. The van der Waals surface area contributed by atoms with Crippen LogP contribution in [0.15, 0.2) is 211 Å². The molecule has 83 heavy (non-hydrogen) atoms. The van der Waals surface area contributed by atoms with E-state index in [1.807, 2.05) is 0 Å². The molecule has 2 aliphatic heterocycles. The SMILES string of the molecule is Cc1cc2c3c(c1)N(c1cc4c(cc1C)C(C)(C)CCC4(C)C)c1ccc(N(c4cccc(-c5ccccc5)c4)c4cccc(-c5ccccc5)c4)cc1B3N(c1ccc3c(c1)C(C)(C)CCC3(C)C)c1c-2ccc2oc3ccccc3c12. The van der Waals surface area contributed by atoms with E-state index in [-0.39, 0.29) is 28.5 Å². The third-order valence-electron chi connectivity index (χ3n) is 19.9. The summed E-state index contributed by atoms with van der Waals surface area (Å²) >= 11 is 0. The van der Waals surface area contributed by atoms with E-state index < -0.39 is 0 Å². The lowest BCUT2D eigenvalue weighted by Crippen LogP contribution is -2.61. The molecule has 11 aromatic rings. The van der Waals surface area contributed by atoms with Crippen molar-refractivity contribution in [3.8, 4) is 33.4 Å². The van der Waals surface area contributed by atoms with Gasteiger partial charge in [-0.25, -0.2) is 0 Å². The molecule has 0 saturated carbocycles. The fraction of sp³-hybridized carbons (Fsp3) is 0.231. The number of hydrogen-bond acceptors (Lipinski definition) is 4. The molecule has 5 heteroatoms. The minimum atomic E-state index is -0.252. The van der Waals surface area contributed by atoms with Crippen molar-refractivity contribution in [3.05, 3.63) is 240 Å². The second kappa shape index (κ2) is 18.5. The van der Waals surface area contributed by atoms with E-state index in [2.05, 4.69) is 290 Å². The largest absolute Gasteiger partial charge is 0.456 e. The van der Waals surface area contributed by atoms with Gasteiger partial charge in [0.05, 0.1) is 5.39 Å². The molecule has 4 nitrogen and oxygen atoms in total. The Kier molecular flexibility index (Phi) is 11.4. The van der Waals surface area contributed by atoms with Crippen molar-refractivity contribution in [1.82, 2.24) is 0 Å². The van der Waals surface area contributed by atoms with Gasteiger partial charge in [-0.1, -0.05) is 177 Å². The zero-order chi connectivity index (χ0) is 56.9. The second-order valence-electron chi connectivity index (χ2n) is 27.1. The molecule has 0 N–H and O–H groups in total. The van der Waals surface area contributed by atoms with Crippen molar-refractivity contribution < 1.29 is 4.42 Å². The van der Waals surface area contributed by atoms with Crippen LogP contribution in [-0.2, 0) is 21.7 Å². The van der Waals surface area contributed by atoms with Gasteiger partial charge in [-0.3, -0.25) is 0 Å². The van der Waals surface area contributed by atoms with Crippen LogP contribution in [0.4, 0.5) is 45.5 Å². The number of rotatable bonds is 7. The summed E-state index contributed by atoms with van der Waals surface area (Å²) in [5.41, 5.74) is 29.3. The van der Waals surface area contributed by atoms with E-state index in [1.165, 1.54) is 113 Å². The van der Waals surface area contributed by atoms with Crippen LogP contribution in [0.2, 0.25) is 0 Å². The Labute approximate surface area is 491 Å². The molecule has 0 saturated heterocycles. The smallest absolute Gasteiger partial charge is 0.333 e. The molecule has 0 bridgehead atoms. The number of anilines is 8. The van der Waals surface area contributed by atoms with Crippen LogP contribution >= 0.6 is 0 Å². The average Bonchev–Trinajstić information content (AvgIpc) is 1.66. The number of para-hydroxylation sites is 1. The van der Waals surface area contributed by atoms with Crippen molar-refractivity contribution >= 4 is 85.2 Å². The number of benzene rings is 10. The maximum atomic E-state index is 6.90. The van der Waals surface area contributed by atoms with Gasteiger partial charge in [0.2, 0.25) is 0 Å². The molecular weight excluding hydrogens is 1010 g/mol. The molecule has 15 rings (SSSR count). The van der Waals surface area contributed by atoms with Crippen molar-refractivity contribution in [2.75, 3.05) is 14.6 Å². The normalized spacial score (nSPS) is 16.7. The first-order valence-electron chi connectivity index (χ1n) is 30.2. The van der Waals surface area contributed by atoms with Gasteiger partial charge < -0.3 is 19.0 Å². The predicted molar refractivity (Wildman–Crippen MR) is 353 cm³/mol. The Balaban J connectivity index is 1.06. The van der Waals surface area contributed by atoms with Gasteiger partial charge in [0.1, 0.15) is 11.2 Å². The highest BCUT2D eigenvalue weighted by atomic mass is 16.3. The highest BCUT2D eigenvalue weighted by Crippen LogP contribution is 2.56. The van der Waals surface area contributed by atoms with Gasteiger partial charge in [-0.2, -0.15) is 0 Å². The lowest BCUT2D eigenvalue weighted by atomic mass is 9.43. The lowest BCUT2D eigenvalue weighted by molar-refractivity contribution is 0.332. The molecule has 3 heterocycles. The molecule has 0 radical (unpaired) electrons. The number of furan rings is 1. The van der Waals surface area contributed by atoms with Gasteiger partial charge in [0, 0.05) is 56.4 Å². The molecule has 10 aromatic carbocycles. The standard InChI is InChI=1S/C78H72BN3O/c1-49-41-61-59-33-36-71-72(60-29-17-18-30-70(60)83-71)74(59)82(58-31-34-62-64(46-58)77(7,8)38-37-75(62,3)4)79-66-47-57(32-35-67(66)81(69(42-49)73(61)79)68-48-65-63(43-50(68)2)76(5,6)39-40-78(65,9)10)80(55-27-19-25-53(44-55)51-21-13-11-14-22-51)56-28-20-26-54(45-56)52-23-15-12-16-24-52/h11-36,41-48H,37-40H2,1-10H3. The van der Waals surface area contributed by atoms with Crippen molar-refractivity contribution in [2.45, 2.75) is 117 Å². The molecule has 0 unspecified atom stereocenters. The molecule has 408 valence electrons. The topological polar surface area (TPSA) is 22.9 Å². The minimum absolute atomic E-state index is 0.0106. The van der Waals surface area contributed by atoms with Crippen LogP contribution < -0.4 is 25.5 Å². The summed E-state index contributed by atoms with van der Waals surface area (Å²) in [6, 6.07) is 78.1. The number of hydrogen-bond donors (Lipinski definition) is 0. The molecule has 0 fully saturated rings. The Morgan fingerprint density at radius 2 is 0.988 bits per heavy atom. The minimum Gasteiger partial charge on any atom is -0.456 e. The molecule has 0 atom stereocenters. The quantitative estimate of drug-likeness (QED) is 0.148. The Bertz CT molecular complexity index is 4370. The molecule has 1 aromatic heterocycles. The summed E-state index contributed by atoms with van der Waals surface area (Å²) < 4.78 is 6.90. The van der Waals surface area contributed by atoms with Crippen molar-refractivity contribution in [2.24, 2.45) is 0 Å². The van der Waals surface area contributed by atoms with Gasteiger partial charge in [-0.05, 0) is 218 Å². The van der Waals surface area contributed by atoms with E-state index in [4.69, 9.17) is 4.42 Å². The Hall–Kier alpha value is -8.54. The zero-order valence-electron chi connectivity index (χ0n) is 49.8. The highest BCUT2D eigenvalue weighted by Gasteiger charge is 2.48. The first-order chi connectivity index (χ1) is 39.9. The highest BCUT2D eigenvalue weighted by molar-refractivity contribution is 6.94. The monoisotopic (exact) mass is 1080 g/mol. The zero-order valence-corrected chi connectivity index (χ0v) is 49.8. The van der Waals surface area contributed by atoms with E-state index in [1.54, 1.807) is 0 Å². The van der Waals surface area contributed by atoms with E-state index in [9.17, 15) is 0 Å². The summed E-state index contributed by atoms with van der Waals surface area (Å²) in [4.78, 5) is 7.91. The third-order valence-corrected chi connectivity index (χ3v) is 19.9. The lowest BCUT2D eigenvalue weighted by Gasteiger charge is -2.48. The number of fused-ring (bicyclic) bond motifs is 10. The summed E-state index contributed by atoms with van der Waals surface area (Å²) in [5, 5.41) is 2.28. The first-order valence-corrected chi connectivity index (χ1v) is 30.2. The third kappa shape index (κ3) is 8.08. The van der Waals surface area contributed by atoms with Crippen LogP contribution in [-0.4, -0.2) is 6.85 Å². The van der Waals surface area contributed by atoms with Crippen LogP contribution in [0.1, 0.15) is 114 Å². The van der Waals surface area contributed by atoms with Crippen LogP contribution in [0.5, 0.6) is 0 Å². The maximum absolute atomic E-state index is 6.90. The summed E-state index contributed by atoms with van der Waals surface area (Å²) in [7, 11) is 0.